The maximum absolute atomic E-state index is 12.2. The summed E-state index contributed by atoms with van der Waals surface area (Å²) in [6.45, 7) is 3.80. The Morgan fingerprint density at radius 3 is 2.40 bits per heavy atom. The lowest BCUT2D eigenvalue weighted by atomic mass is 10.2. The number of ether oxygens (including phenoxy) is 1. The average Bonchev–Trinajstić information content (AvgIpc) is 2.66. The molecule has 0 unspecified atom stereocenters. The molecule has 1 aromatic carbocycles. The maximum atomic E-state index is 12.2. The summed E-state index contributed by atoms with van der Waals surface area (Å²) in [5, 5.41) is 3.98. The van der Waals surface area contributed by atoms with E-state index in [0.717, 1.165) is 6.41 Å². The molecule has 1 N–H and O–H groups in total. The van der Waals surface area contributed by atoms with Gasteiger partial charge in [0, 0.05) is 37.5 Å². The van der Waals surface area contributed by atoms with Crippen LogP contribution in [0.15, 0.2) is 29.4 Å². The van der Waals surface area contributed by atoms with E-state index in [0.29, 0.717) is 43.2 Å². The van der Waals surface area contributed by atoms with E-state index in [4.69, 9.17) is 4.74 Å². The van der Waals surface area contributed by atoms with Gasteiger partial charge in [-0.05, 0) is 31.2 Å². The van der Waals surface area contributed by atoms with Gasteiger partial charge in [-0.1, -0.05) is 0 Å². The zero-order chi connectivity index (χ0) is 18.2. The minimum absolute atomic E-state index is 0.0644. The van der Waals surface area contributed by atoms with E-state index in [9.17, 15) is 14.4 Å². The number of hydrazone groups is 1. The quantitative estimate of drug-likeness (QED) is 0.461. The molecule has 8 heteroatoms. The molecule has 25 heavy (non-hydrogen) atoms. The van der Waals surface area contributed by atoms with Crippen molar-refractivity contribution < 1.29 is 19.1 Å². The van der Waals surface area contributed by atoms with Crippen molar-refractivity contribution in [1.82, 2.24) is 15.2 Å². The van der Waals surface area contributed by atoms with Crippen LogP contribution in [0.1, 0.15) is 23.7 Å². The molecular formula is C17H22N4O4. The summed E-state index contributed by atoms with van der Waals surface area (Å²) in [5.74, 6) is 0.246. The first kappa shape index (κ1) is 18.4. The van der Waals surface area contributed by atoms with Gasteiger partial charge in [0.25, 0.3) is 5.91 Å². The van der Waals surface area contributed by atoms with Crippen molar-refractivity contribution in [3.05, 3.63) is 29.8 Å². The van der Waals surface area contributed by atoms with E-state index in [1.54, 1.807) is 48.1 Å². The van der Waals surface area contributed by atoms with Crippen molar-refractivity contribution in [1.29, 1.82) is 0 Å². The van der Waals surface area contributed by atoms with Gasteiger partial charge in [-0.25, -0.2) is 5.43 Å². The molecule has 1 aliphatic heterocycles. The van der Waals surface area contributed by atoms with Crippen LogP contribution in [0.25, 0.3) is 0 Å². The largest absolute Gasteiger partial charge is 0.497 e. The highest BCUT2D eigenvalue weighted by Gasteiger charge is 2.20. The van der Waals surface area contributed by atoms with Crippen molar-refractivity contribution in [2.24, 2.45) is 5.10 Å². The number of nitrogens with one attached hydrogen (secondary N) is 1. The van der Waals surface area contributed by atoms with Crippen molar-refractivity contribution in [2.45, 2.75) is 13.3 Å². The minimum atomic E-state index is -0.353. The summed E-state index contributed by atoms with van der Waals surface area (Å²) in [6, 6.07) is 6.65. The van der Waals surface area contributed by atoms with Gasteiger partial charge in [0.1, 0.15) is 5.75 Å². The number of amides is 3. The Morgan fingerprint density at radius 1 is 1.20 bits per heavy atom. The predicted molar refractivity (Wildman–Crippen MR) is 92.4 cm³/mol. The standard InChI is InChI=1S/C17H22N4O4/c1-13(11-16(23)21-9-7-20(12-22)8-10-21)18-19-17(24)14-3-5-15(25-2)6-4-14/h3-6,12H,7-11H2,1-2H3,(H,19,24). The smallest absolute Gasteiger partial charge is 0.271 e. The van der Waals surface area contributed by atoms with Crippen LogP contribution < -0.4 is 10.2 Å². The molecule has 1 aromatic rings. The van der Waals surface area contributed by atoms with Crippen LogP contribution in [0.2, 0.25) is 0 Å². The highest BCUT2D eigenvalue weighted by atomic mass is 16.5. The number of hydrogen-bond donors (Lipinski definition) is 1. The summed E-state index contributed by atoms with van der Waals surface area (Å²) < 4.78 is 5.04. The monoisotopic (exact) mass is 346 g/mol. The fourth-order valence-electron chi connectivity index (χ4n) is 2.40. The van der Waals surface area contributed by atoms with Gasteiger partial charge in [0.2, 0.25) is 12.3 Å². The van der Waals surface area contributed by atoms with Crippen LogP contribution >= 0.6 is 0 Å². The van der Waals surface area contributed by atoms with E-state index < -0.39 is 0 Å². The summed E-state index contributed by atoms with van der Waals surface area (Å²) in [6.07, 6.45) is 0.924. The number of piperazine rings is 1. The third-order valence-corrected chi connectivity index (χ3v) is 3.92. The van der Waals surface area contributed by atoms with E-state index >= 15 is 0 Å². The molecule has 0 aromatic heterocycles. The predicted octanol–water partition coefficient (Wildman–Crippen LogP) is 0.492. The van der Waals surface area contributed by atoms with Gasteiger partial charge in [0.15, 0.2) is 0 Å². The zero-order valence-electron chi connectivity index (χ0n) is 14.4. The van der Waals surface area contributed by atoms with E-state index in [1.807, 2.05) is 0 Å². The highest BCUT2D eigenvalue weighted by Crippen LogP contribution is 2.11. The van der Waals surface area contributed by atoms with E-state index in [2.05, 4.69) is 10.5 Å². The molecule has 0 radical (unpaired) electrons. The summed E-state index contributed by atoms with van der Waals surface area (Å²) in [7, 11) is 1.55. The molecule has 3 amide bonds. The summed E-state index contributed by atoms with van der Waals surface area (Å²) >= 11 is 0. The lowest BCUT2D eigenvalue weighted by Gasteiger charge is -2.32. The molecule has 0 atom stereocenters. The Balaban J connectivity index is 1.83. The lowest BCUT2D eigenvalue weighted by molar-refractivity contribution is -0.134. The first-order chi connectivity index (χ1) is 12.0. The fraction of sp³-hybridized carbons (Fsp3) is 0.412. The molecule has 0 saturated carbocycles. The molecule has 1 saturated heterocycles. The Hall–Kier alpha value is -2.90. The van der Waals surface area contributed by atoms with Gasteiger partial charge < -0.3 is 14.5 Å². The van der Waals surface area contributed by atoms with Gasteiger partial charge in [-0.2, -0.15) is 5.10 Å². The molecule has 134 valence electrons. The minimum Gasteiger partial charge on any atom is -0.497 e. The molecule has 1 aliphatic rings. The van der Waals surface area contributed by atoms with Crippen LogP contribution in [0, 0.1) is 0 Å². The number of carbonyl (C=O) groups is 3. The van der Waals surface area contributed by atoms with Gasteiger partial charge in [-0.3, -0.25) is 14.4 Å². The zero-order valence-corrected chi connectivity index (χ0v) is 14.4. The van der Waals surface area contributed by atoms with Crippen LogP contribution in [0.3, 0.4) is 0 Å². The van der Waals surface area contributed by atoms with Gasteiger partial charge in [-0.15, -0.1) is 0 Å². The van der Waals surface area contributed by atoms with Crippen LogP contribution in [0.5, 0.6) is 5.75 Å². The van der Waals surface area contributed by atoms with Crippen molar-refractivity contribution in [3.63, 3.8) is 0 Å². The second kappa shape index (κ2) is 8.81. The molecule has 0 aliphatic carbocycles. The van der Waals surface area contributed by atoms with Crippen molar-refractivity contribution in [2.75, 3.05) is 33.3 Å². The fourth-order valence-corrected chi connectivity index (χ4v) is 2.40. The van der Waals surface area contributed by atoms with Gasteiger partial charge >= 0.3 is 0 Å². The lowest BCUT2D eigenvalue weighted by Crippen LogP contribution is -2.48. The van der Waals surface area contributed by atoms with Crippen LogP contribution in [-0.4, -0.2) is 67.0 Å². The Bertz CT molecular complexity index is 649. The Labute approximate surface area is 146 Å². The van der Waals surface area contributed by atoms with E-state index in [1.165, 1.54) is 0 Å². The number of methoxy groups -OCH3 is 1. The number of carbonyl (C=O) groups excluding carboxylic acids is 3. The maximum Gasteiger partial charge on any atom is 0.271 e. The van der Waals surface area contributed by atoms with Crippen LogP contribution in [-0.2, 0) is 9.59 Å². The topological polar surface area (TPSA) is 91.3 Å². The van der Waals surface area contributed by atoms with Crippen molar-refractivity contribution in [3.8, 4) is 5.75 Å². The second-order valence-electron chi connectivity index (χ2n) is 5.72. The SMILES string of the molecule is COc1ccc(C(=O)NN=C(C)CC(=O)N2CCN(C=O)CC2)cc1. The number of benzene rings is 1. The Kier molecular flexibility index (Phi) is 6.50. The normalized spacial score (nSPS) is 14.9. The van der Waals surface area contributed by atoms with Crippen LogP contribution in [0.4, 0.5) is 0 Å². The summed E-state index contributed by atoms with van der Waals surface area (Å²) in [4.78, 5) is 38.2. The molecule has 0 bridgehead atoms. The number of rotatable bonds is 6. The summed E-state index contributed by atoms with van der Waals surface area (Å²) in [5.41, 5.74) is 3.41. The van der Waals surface area contributed by atoms with Crippen molar-refractivity contribution >= 4 is 23.9 Å². The molecule has 0 spiro atoms. The number of nitrogens with zero attached hydrogens (tertiary/aromatic N) is 3. The second-order valence-corrected chi connectivity index (χ2v) is 5.72. The average molecular weight is 346 g/mol. The first-order valence-corrected chi connectivity index (χ1v) is 7.98. The molecule has 1 heterocycles. The number of hydrogen-bond acceptors (Lipinski definition) is 5. The first-order valence-electron chi connectivity index (χ1n) is 7.98. The highest BCUT2D eigenvalue weighted by molar-refractivity contribution is 6.01. The third kappa shape index (κ3) is 5.30. The third-order valence-electron chi connectivity index (χ3n) is 3.92. The Morgan fingerprint density at radius 2 is 1.84 bits per heavy atom. The van der Waals surface area contributed by atoms with Gasteiger partial charge in [0.05, 0.1) is 13.5 Å². The molecule has 2 rings (SSSR count). The molecular weight excluding hydrogens is 324 g/mol. The molecule has 1 fully saturated rings. The van der Waals surface area contributed by atoms with E-state index in [-0.39, 0.29) is 18.2 Å². The molecule has 8 nitrogen and oxygen atoms in total.